The van der Waals surface area contributed by atoms with Gasteiger partial charge in [0.2, 0.25) is 5.91 Å². The van der Waals surface area contributed by atoms with Crippen LogP contribution in [-0.2, 0) is 16.1 Å². The number of morpholine rings is 1. The molecule has 104 valence electrons. The van der Waals surface area contributed by atoms with Gasteiger partial charge in [-0.3, -0.25) is 9.78 Å². The Bertz CT molecular complexity index is 430. The largest absolute Gasteiger partial charge is 0.378 e. The molecule has 1 unspecified atom stereocenters. The molecule has 0 spiro atoms. The first kappa shape index (κ1) is 14.0. The Labute approximate surface area is 114 Å². The number of rotatable bonds is 4. The van der Waals surface area contributed by atoms with Crippen LogP contribution in [0.4, 0.5) is 0 Å². The van der Waals surface area contributed by atoms with Gasteiger partial charge in [0.15, 0.2) is 0 Å². The van der Waals surface area contributed by atoms with Crippen LogP contribution in [0, 0.1) is 6.92 Å². The number of nitrogens with one attached hydrogen (secondary N) is 1. The van der Waals surface area contributed by atoms with Crippen LogP contribution >= 0.6 is 0 Å². The average Bonchev–Trinajstić information content (AvgIpc) is 2.40. The highest BCUT2D eigenvalue weighted by Gasteiger charge is 2.19. The van der Waals surface area contributed by atoms with E-state index in [1.807, 2.05) is 32.2 Å². The van der Waals surface area contributed by atoms with E-state index < -0.39 is 0 Å². The van der Waals surface area contributed by atoms with Crippen molar-refractivity contribution in [3.8, 4) is 0 Å². The Morgan fingerprint density at radius 2 is 2.42 bits per heavy atom. The van der Waals surface area contributed by atoms with Crippen LogP contribution in [0.25, 0.3) is 0 Å². The molecule has 1 aliphatic heterocycles. The highest BCUT2D eigenvalue weighted by atomic mass is 16.5. The Hall–Kier alpha value is -1.46. The Kier molecular flexibility index (Phi) is 4.87. The molecule has 1 aromatic heterocycles. The maximum absolute atomic E-state index is 12.1. The van der Waals surface area contributed by atoms with E-state index in [2.05, 4.69) is 10.3 Å². The first-order chi connectivity index (χ1) is 9.15. The van der Waals surface area contributed by atoms with Crippen molar-refractivity contribution >= 4 is 5.91 Å². The first-order valence-electron chi connectivity index (χ1n) is 6.63. The Morgan fingerprint density at radius 3 is 3.11 bits per heavy atom. The fraction of sp³-hybridized carbons (Fsp3) is 0.571. The lowest BCUT2D eigenvalue weighted by Crippen LogP contribution is -2.44. The fourth-order valence-corrected chi connectivity index (χ4v) is 2.14. The number of hydrogen-bond donors (Lipinski definition) is 1. The second kappa shape index (κ2) is 6.63. The molecule has 5 heteroatoms. The van der Waals surface area contributed by atoms with Crippen LogP contribution in [0.1, 0.15) is 17.8 Å². The number of aryl methyl sites for hydroxylation is 1. The summed E-state index contributed by atoms with van der Waals surface area (Å²) in [6.07, 6.45) is 0.475. The quantitative estimate of drug-likeness (QED) is 0.870. The van der Waals surface area contributed by atoms with E-state index in [1.165, 1.54) is 0 Å². The van der Waals surface area contributed by atoms with Crippen molar-refractivity contribution in [2.24, 2.45) is 0 Å². The molecular weight excluding hydrogens is 242 g/mol. The molecule has 1 amide bonds. The molecule has 1 N–H and O–H groups in total. The van der Waals surface area contributed by atoms with Gasteiger partial charge in [-0.2, -0.15) is 0 Å². The Morgan fingerprint density at radius 1 is 1.58 bits per heavy atom. The van der Waals surface area contributed by atoms with Gasteiger partial charge in [-0.05, 0) is 19.1 Å². The zero-order valence-electron chi connectivity index (χ0n) is 11.6. The summed E-state index contributed by atoms with van der Waals surface area (Å²) in [6, 6.07) is 5.99. The average molecular weight is 263 g/mol. The second-order valence-corrected chi connectivity index (χ2v) is 4.95. The van der Waals surface area contributed by atoms with Crippen molar-refractivity contribution in [3.63, 3.8) is 0 Å². The molecule has 0 saturated carbocycles. The van der Waals surface area contributed by atoms with Gasteiger partial charge < -0.3 is 15.0 Å². The number of hydrogen-bond acceptors (Lipinski definition) is 4. The Balaban J connectivity index is 1.84. The van der Waals surface area contributed by atoms with E-state index in [9.17, 15) is 4.79 Å². The van der Waals surface area contributed by atoms with Gasteiger partial charge >= 0.3 is 0 Å². The lowest BCUT2D eigenvalue weighted by molar-refractivity contribution is -0.131. The van der Waals surface area contributed by atoms with Crippen molar-refractivity contribution in [2.45, 2.75) is 25.9 Å². The molecule has 1 saturated heterocycles. The van der Waals surface area contributed by atoms with Crippen LogP contribution in [0.2, 0.25) is 0 Å². The summed E-state index contributed by atoms with van der Waals surface area (Å²) in [5, 5.41) is 3.29. The predicted molar refractivity (Wildman–Crippen MR) is 72.7 cm³/mol. The lowest BCUT2D eigenvalue weighted by atomic mass is 10.2. The monoisotopic (exact) mass is 263 g/mol. The molecule has 0 bridgehead atoms. The van der Waals surface area contributed by atoms with Gasteiger partial charge in [0, 0.05) is 31.7 Å². The molecule has 0 aromatic carbocycles. The van der Waals surface area contributed by atoms with E-state index in [0.29, 0.717) is 19.6 Å². The summed E-state index contributed by atoms with van der Waals surface area (Å²) in [6.45, 7) is 4.67. The van der Waals surface area contributed by atoms with E-state index >= 15 is 0 Å². The number of ether oxygens (including phenoxy) is 1. The zero-order chi connectivity index (χ0) is 13.7. The second-order valence-electron chi connectivity index (χ2n) is 4.95. The summed E-state index contributed by atoms with van der Waals surface area (Å²) in [5.41, 5.74) is 1.89. The number of nitrogens with zero attached hydrogens (tertiary/aromatic N) is 2. The highest BCUT2D eigenvalue weighted by molar-refractivity contribution is 5.76. The third kappa shape index (κ3) is 4.29. The fourth-order valence-electron chi connectivity index (χ4n) is 2.14. The van der Waals surface area contributed by atoms with E-state index in [1.54, 1.807) is 4.90 Å². The van der Waals surface area contributed by atoms with E-state index in [-0.39, 0.29) is 11.9 Å². The first-order valence-corrected chi connectivity index (χ1v) is 6.63. The smallest absolute Gasteiger partial charge is 0.224 e. The van der Waals surface area contributed by atoms with Crippen molar-refractivity contribution in [1.82, 2.24) is 15.2 Å². The molecule has 1 aliphatic rings. The molecule has 2 rings (SSSR count). The van der Waals surface area contributed by atoms with Gasteiger partial charge in [-0.15, -0.1) is 0 Å². The van der Waals surface area contributed by atoms with Gasteiger partial charge in [-0.25, -0.2) is 0 Å². The summed E-state index contributed by atoms with van der Waals surface area (Å²) >= 11 is 0. The zero-order valence-corrected chi connectivity index (χ0v) is 11.6. The van der Waals surface area contributed by atoms with Crippen LogP contribution in [0.5, 0.6) is 0 Å². The third-order valence-electron chi connectivity index (χ3n) is 3.19. The standard InChI is InChI=1S/C14H21N3O2/c1-11-4-3-5-12(16-11)9-17(2)14(18)8-13-10-19-7-6-15-13/h3-5,13,15H,6-10H2,1-2H3. The number of carbonyl (C=O) groups is 1. The van der Waals surface area contributed by atoms with Gasteiger partial charge in [0.1, 0.15) is 0 Å². The summed E-state index contributed by atoms with van der Waals surface area (Å²) in [7, 11) is 1.82. The lowest BCUT2D eigenvalue weighted by Gasteiger charge is -2.25. The molecule has 19 heavy (non-hydrogen) atoms. The minimum atomic E-state index is 0.117. The van der Waals surface area contributed by atoms with Crippen molar-refractivity contribution in [2.75, 3.05) is 26.8 Å². The SMILES string of the molecule is Cc1cccc(CN(C)C(=O)CC2COCCN2)n1. The molecule has 0 radical (unpaired) electrons. The molecular formula is C14H21N3O2. The number of amides is 1. The van der Waals surface area contributed by atoms with Crippen LogP contribution in [-0.4, -0.2) is 48.6 Å². The maximum atomic E-state index is 12.1. The molecule has 5 nitrogen and oxygen atoms in total. The number of carbonyl (C=O) groups excluding carboxylic acids is 1. The molecule has 0 aliphatic carbocycles. The summed E-state index contributed by atoms with van der Waals surface area (Å²) < 4.78 is 5.35. The molecule has 1 fully saturated rings. The van der Waals surface area contributed by atoms with Crippen LogP contribution in [0.15, 0.2) is 18.2 Å². The maximum Gasteiger partial charge on any atom is 0.224 e. The number of pyridine rings is 1. The normalized spacial score (nSPS) is 19.2. The third-order valence-corrected chi connectivity index (χ3v) is 3.19. The minimum Gasteiger partial charge on any atom is -0.378 e. The van der Waals surface area contributed by atoms with Crippen molar-refractivity contribution in [3.05, 3.63) is 29.6 Å². The van der Waals surface area contributed by atoms with Crippen molar-refractivity contribution < 1.29 is 9.53 Å². The van der Waals surface area contributed by atoms with E-state index in [0.717, 1.165) is 24.5 Å². The highest BCUT2D eigenvalue weighted by Crippen LogP contribution is 2.06. The van der Waals surface area contributed by atoms with Gasteiger partial charge in [0.05, 0.1) is 25.5 Å². The topological polar surface area (TPSA) is 54.5 Å². The molecule has 1 aromatic rings. The molecule has 1 atom stereocenters. The van der Waals surface area contributed by atoms with Crippen LogP contribution in [0.3, 0.4) is 0 Å². The van der Waals surface area contributed by atoms with Gasteiger partial charge in [0.25, 0.3) is 0 Å². The van der Waals surface area contributed by atoms with Crippen LogP contribution < -0.4 is 5.32 Å². The van der Waals surface area contributed by atoms with E-state index in [4.69, 9.17) is 4.74 Å². The molecule has 2 heterocycles. The summed E-state index contributed by atoms with van der Waals surface area (Å²) in [5.74, 6) is 0.117. The van der Waals surface area contributed by atoms with Gasteiger partial charge in [-0.1, -0.05) is 6.07 Å². The number of aromatic nitrogens is 1. The summed E-state index contributed by atoms with van der Waals surface area (Å²) in [4.78, 5) is 18.2. The predicted octanol–water partition coefficient (Wildman–Crippen LogP) is 0.727. The minimum absolute atomic E-state index is 0.117. The van der Waals surface area contributed by atoms with Crippen molar-refractivity contribution in [1.29, 1.82) is 0 Å².